The summed E-state index contributed by atoms with van der Waals surface area (Å²) in [6, 6.07) is 9.61. The number of aromatic nitrogens is 1. The van der Waals surface area contributed by atoms with Crippen LogP contribution in [-0.4, -0.2) is 48.1 Å². The van der Waals surface area contributed by atoms with Crippen molar-refractivity contribution in [3.8, 4) is 5.75 Å². The first-order valence-corrected chi connectivity index (χ1v) is 7.25. The van der Waals surface area contributed by atoms with Crippen molar-refractivity contribution in [2.24, 2.45) is 0 Å². The second kappa shape index (κ2) is 6.10. The highest BCUT2D eigenvalue weighted by atomic mass is 16.5. The molecule has 110 valence electrons. The van der Waals surface area contributed by atoms with Gasteiger partial charge in [0.25, 0.3) is 5.91 Å². The Bertz CT molecular complexity index is 638. The van der Waals surface area contributed by atoms with E-state index in [4.69, 9.17) is 4.74 Å². The molecule has 21 heavy (non-hydrogen) atoms. The summed E-state index contributed by atoms with van der Waals surface area (Å²) in [7, 11) is 0. The summed E-state index contributed by atoms with van der Waals surface area (Å²) >= 11 is 0. The van der Waals surface area contributed by atoms with Gasteiger partial charge in [-0.1, -0.05) is 6.07 Å². The van der Waals surface area contributed by atoms with Crippen LogP contribution >= 0.6 is 0 Å². The molecule has 0 aliphatic carbocycles. The van der Waals surface area contributed by atoms with Gasteiger partial charge in [-0.2, -0.15) is 0 Å². The number of carbonyl (C=O) groups excluding carboxylic acids is 1. The zero-order valence-electron chi connectivity index (χ0n) is 12.1. The van der Waals surface area contributed by atoms with Gasteiger partial charge in [-0.15, -0.1) is 0 Å². The number of fused-ring (bicyclic) bond motifs is 1. The first-order chi connectivity index (χ1) is 10.2. The zero-order valence-corrected chi connectivity index (χ0v) is 12.1. The lowest BCUT2D eigenvalue weighted by Crippen LogP contribution is -2.50. The van der Waals surface area contributed by atoms with E-state index in [0.29, 0.717) is 5.75 Å². The molecule has 1 aliphatic heterocycles. The van der Waals surface area contributed by atoms with Crippen LogP contribution in [0.1, 0.15) is 6.92 Å². The van der Waals surface area contributed by atoms with Gasteiger partial charge in [0.1, 0.15) is 5.75 Å². The van der Waals surface area contributed by atoms with Crippen molar-refractivity contribution < 1.29 is 9.53 Å². The van der Waals surface area contributed by atoms with Gasteiger partial charge in [-0.05, 0) is 25.1 Å². The van der Waals surface area contributed by atoms with Crippen molar-refractivity contribution in [3.05, 3.63) is 36.5 Å². The minimum atomic E-state index is -0.482. The molecule has 1 atom stereocenters. The number of nitrogens with one attached hydrogen (secondary N) is 1. The molecule has 5 nitrogen and oxygen atoms in total. The second-order valence-electron chi connectivity index (χ2n) is 5.19. The van der Waals surface area contributed by atoms with Gasteiger partial charge in [0.2, 0.25) is 0 Å². The van der Waals surface area contributed by atoms with Crippen molar-refractivity contribution in [3.63, 3.8) is 0 Å². The average molecular weight is 285 g/mol. The Morgan fingerprint density at radius 1 is 1.33 bits per heavy atom. The standard InChI is InChI=1S/C16H19N3O2/c1-12(16(20)19-9-7-17-8-10-19)21-14-5-4-13-3-2-6-18-15(13)11-14/h2-6,11-12,17H,7-10H2,1H3. The Labute approximate surface area is 123 Å². The fraction of sp³-hybridized carbons (Fsp3) is 0.375. The van der Waals surface area contributed by atoms with E-state index in [9.17, 15) is 4.79 Å². The third-order valence-corrected chi connectivity index (χ3v) is 3.67. The molecule has 1 aromatic heterocycles. The zero-order chi connectivity index (χ0) is 14.7. The summed E-state index contributed by atoms with van der Waals surface area (Å²) in [5.41, 5.74) is 0.872. The Hall–Kier alpha value is -2.14. The maximum Gasteiger partial charge on any atom is 0.263 e. The van der Waals surface area contributed by atoms with Gasteiger partial charge in [0.05, 0.1) is 5.52 Å². The molecule has 2 aromatic rings. The van der Waals surface area contributed by atoms with Gasteiger partial charge in [-0.25, -0.2) is 0 Å². The molecule has 1 fully saturated rings. The first kappa shape index (κ1) is 13.8. The maximum absolute atomic E-state index is 12.3. The number of benzene rings is 1. The monoisotopic (exact) mass is 285 g/mol. The minimum absolute atomic E-state index is 0.0395. The first-order valence-electron chi connectivity index (χ1n) is 7.25. The molecule has 1 aliphatic rings. The maximum atomic E-state index is 12.3. The van der Waals surface area contributed by atoms with Crippen LogP contribution in [0.2, 0.25) is 0 Å². The lowest BCUT2D eigenvalue weighted by atomic mass is 10.2. The van der Waals surface area contributed by atoms with Crippen LogP contribution in [0.25, 0.3) is 10.9 Å². The van der Waals surface area contributed by atoms with Crippen molar-refractivity contribution in [1.82, 2.24) is 15.2 Å². The number of nitrogens with zero attached hydrogens (tertiary/aromatic N) is 2. The summed E-state index contributed by atoms with van der Waals surface area (Å²) < 4.78 is 5.79. The van der Waals surface area contributed by atoms with Crippen LogP contribution in [0.3, 0.4) is 0 Å². The summed E-state index contributed by atoms with van der Waals surface area (Å²) in [5.74, 6) is 0.717. The number of rotatable bonds is 3. The van der Waals surface area contributed by atoms with Crippen LogP contribution in [0.4, 0.5) is 0 Å². The summed E-state index contributed by atoms with van der Waals surface area (Å²) in [4.78, 5) is 18.5. The third-order valence-electron chi connectivity index (χ3n) is 3.67. The number of amides is 1. The molecule has 5 heteroatoms. The quantitative estimate of drug-likeness (QED) is 0.927. The Kier molecular flexibility index (Phi) is 4.01. The SMILES string of the molecule is CC(Oc1ccc2cccnc2c1)C(=O)N1CCNCC1. The van der Waals surface area contributed by atoms with Crippen molar-refractivity contribution in [2.75, 3.05) is 26.2 Å². The molecule has 1 saturated heterocycles. The predicted octanol–water partition coefficient (Wildman–Crippen LogP) is 1.43. The number of piperazine rings is 1. The smallest absolute Gasteiger partial charge is 0.263 e. The minimum Gasteiger partial charge on any atom is -0.481 e. The van der Waals surface area contributed by atoms with Crippen LogP contribution in [0, 0.1) is 0 Å². The van der Waals surface area contributed by atoms with Gasteiger partial charge < -0.3 is 15.0 Å². The molecular formula is C16H19N3O2. The second-order valence-corrected chi connectivity index (χ2v) is 5.19. The molecule has 0 saturated carbocycles. The Morgan fingerprint density at radius 3 is 2.95 bits per heavy atom. The van der Waals surface area contributed by atoms with E-state index < -0.39 is 6.10 Å². The number of hydrogen-bond donors (Lipinski definition) is 1. The van der Waals surface area contributed by atoms with E-state index in [1.807, 2.05) is 35.2 Å². The van der Waals surface area contributed by atoms with E-state index in [-0.39, 0.29) is 5.91 Å². The predicted molar refractivity (Wildman–Crippen MR) is 81.3 cm³/mol. The lowest BCUT2D eigenvalue weighted by molar-refractivity contribution is -0.138. The molecule has 1 N–H and O–H groups in total. The van der Waals surface area contributed by atoms with Gasteiger partial charge >= 0.3 is 0 Å². The van der Waals surface area contributed by atoms with E-state index in [2.05, 4.69) is 10.3 Å². The molecule has 1 amide bonds. The molecule has 3 rings (SSSR count). The van der Waals surface area contributed by atoms with Crippen molar-refractivity contribution in [2.45, 2.75) is 13.0 Å². The highest BCUT2D eigenvalue weighted by Crippen LogP contribution is 2.20. The molecule has 0 radical (unpaired) electrons. The Balaban J connectivity index is 1.70. The average Bonchev–Trinajstić information content (AvgIpc) is 2.55. The third kappa shape index (κ3) is 3.13. The van der Waals surface area contributed by atoms with E-state index in [0.717, 1.165) is 37.1 Å². The van der Waals surface area contributed by atoms with E-state index >= 15 is 0 Å². The van der Waals surface area contributed by atoms with Crippen LogP contribution in [0.5, 0.6) is 5.75 Å². The largest absolute Gasteiger partial charge is 0.481 e. The van der Waals surface area contributed by atoms with Crippen molar-refractivity contribution >= 4 is 16.8 Å². The van der Waals surface area contributed by atoms with Crippen LogP contribution in [-0.2, 0) is 4.79 Å². The fourth-order valence-electron chi connectivity index (χ4n) is 2.52. The number of carbonyl (C=O) groups is 1. The van der Waals surface area contributed by atoms with E-state index in [1.54, 1.807) is 13.1 Å². The summed E-state index contributed by atoms with van der Waals surface area (Å²) in [6.45, 7) is 4.97. The molecule has 0 bridgehead atoms. The van der Waals surface area contributed by atoms with Crippen LogP contribution < -0.4 is 10.1 Å². The molecule has 1 unspecified atom stereocenters. The summed E-state index contributed by atoms with van der Waals surface area (Å²) in [6.07, 6.45) is 1.27. The van der Waals surface area contributed by atoms with E-state index in [1.165, 1.54) is 0 Å². The van der Waals surface area contributed by atoms with Gasteiger partial charge in [-0.3, -0.25) is 9.78 Å². The van der Waals surface area contributed by atoms with Gasteiger partial charge in [0.15, 0.2) is 6.10 Å². The number of ether oxygens (including phenoxy) is 1. The Morgan fingerprint density at radius 2 is 2.14 bits per heavy atom. The molecule has 1 aromatic carbocycles. The topological polar surface area (TPSA) is 54.5 Å². The fourth-order valence-corrected chi connectivity index (χ4v) is 2.52. The highest BCUT2D eigenvalue weighted by Gasteiger charge is 2.23. The normalized spacial score (nSPS) is 16.7. The number of hydrogen-bond acceptors (Lipinski definition) is 4. The molecule has 2 heterocycles. The lowest BCUT2D eigenvalue weighted by Gasteiger charge is -2.29. The van der Waals surface area contributed by atoms with Gasteiger partial charge in [0, 0.05) is 43.8 Å². The highest BCUT2D eigenvalue weighted by molar-refractivity contribution is 5.82. The van der Waals surface area contributed by atoms with Crippen molar-refractivity contribution in [1.29, 1.82) is 0 Å². The molecular weight excluding hydrogens is 266 g/mol. The summed E-state index contributed by atoms with van der Waals surface area (Å²) in [5, 5.41) is 4.30. The molecule has 0 spiro atoms. The van der Waals surface area contributed by atoms with Crippen LogP contribution in [0.15, 0.2) is 36.5 Å². The number of pyridine rings is 1.